The molecule has 3 N–H and O–H groups in total. The molecule has 1 saturated heterocycles. The number of hydrogen-bond donors (Lipinski definition) is 3. The van der Waals surface area contributed by atoms with Crippen LogP contribution in [-0.2, 0) is 29.1 Å². The van der Waals surface area contributed by atoms with E-state index in [1.165, 1.54) is 12.0 Å². The summed E-state index contributed by atoms with van der Waals surface area (Å²) in [6, 6.07) is 2.88. The Morgan fingerprint density at radius 1 is 1.10 bits per heavy atom. The van der Waals surface area contributed by atoms with E-state index in [-0.39, 0.29) is 55.9 Å². The van der Waals surface area contributed by atoms with Crippen LogP contribution in [0.2, 0.25) is 0 Å². The number of aromatic nitrogens is 1. The molecule has 2 aromatic rings. The van der Waals surface area contributed by atoms with Crippen molar-refractivity contribution in [2.45, 2.75) is 152 Å². The predicted molar refractivity (Wildman–Crippen MR) is 223 cm³/mol. The Hall–Kier alpha value is -4.47. The van der Waals surface area contributed by atoms with E-state index < -0.39 is 73.9 Å². The number of sulfonamides is 1. The average Bonchev–Trinajstić information content (AvgIpc) is 3.84. The number of nitrogens with one attached hydrogen (secondary N) is 3. The highest BCUT2D eigenvalue weighted by molar-refractivity contribution is 7.91. The maximum atomic E-state index is 17.1. The van der Waals surface area contributed by atoms with Crippen molar-refractivity contribution in [2.75, 3.05) is 20.3 Å². The Morgan fingerprint density at radius 2 is 1.85 bits per heavy atom. The minimum Gasteiger partial charge on any atom is -0.497 e. The van der Waals surface area contributed by atoms with Gasteiger partial charge in [-0.1, -0.05) is 59.6 Å². The summed E-state index contributed by atoms with van der Waals surface area (Å²) in [5, 5.41) is 6.24. The molecule has 60 heavy (non-hydrogen) atoms. The molecule has 1 aromatic carbocycles. The molecule has 1 spiro atoms. The number of carbonyl (C=O) groups is 4. The lowest BCUT2D eigenvalue weighted by atomic mass is 9.65. The third-order valence-corrected chi connectivity index (χ3v) is 15.1. The number of benzene rings is 1. The lowest BCUT2D eigenvalue weighted by Crippen LogP contribution is -2.70. The summed E-state index contributed by atoms with van der Waals surface area (Å²) >= 11 is 0. The number of alkyl carbamates (subject to hydrolysis) is 1. The van der Waals surface area contributed by atoms with E-state index in [1.807, 2.05) is 46.8 Å². The van der Waals surface area contributed by atoms with E-state index in [0.717, 1.165) is 12.8 Å². The van der Waals surface area contributed by atoms with Gasteiger partial charge >= 0.3 is 6.09 Å². The zero-order valence-corrected chi connectivity index (χ0v) is 36.6. The lowest BCUT2D eigenvalue weighted by molar-refractivity contribution is -0.144. The standard InChI is InChI=1S/C44H60FN5O9S/c1-26(2)35-36-34(29-21-28(57-7)15-16-31(29)46-35)30(45)22-43(59-36)23-33-37(51)48-44(39(53)49-60(55,56)42(6)19-20-42)18-17-27(44)13-11-9-8-10-12-14-32(38(52)50(33)24-43)47-40(54)58-25-41(3,4)5/h11,13,15-16,21,26-27,30,32-33H,8-10,12,14,17-20,22-25H2,1-7H3,(H,47,54)(H,48,51)(H,49,53). The largest absolute Gasteiger partial charge is 0.497 e. The molecule has 328 valence electrons. The maximum absolute atomic E-state index is 17.1. The van der Waals surface area contributed by atoms with Crippen molar-refractivity contribution in [3.63, 3.8) is 0 Å². The van der Waals surface area contributed by atoms with Crippen molar-refractivity contribution in [3.8, 4) is 11.5 Å². The number of ether oxygens (including phenoxy) is 3. The van der Waals surface area contributed by atoms with Crippen LogP contribution in [0.5, 0.6) is 11.5 Å². The Bertz CT molecular complexity index is 2190. The molecule has 0 radical (unpaired) electrons. The van der Waals surface area contributed by atoms with Gasteiger partial charge in [0.15, 0.2) is 0 Å². The van der Waals surface area contributed by atoms with Crippen molar-refractivity contribution in [2.24, 2.45) is 11.3 Å². The summed E-state index contributed by atoms with van der Waals surface area (Å²) < 4.78 is 63.0. The van der Waals surface area contributed by atoms with E-state index in [2.05, 4.69) is 15.4 Å². The number of carbonyl (C=O) groups excluding carboxylic acids is 4. The van der Waals surface area contributed by atoms with E-state index in [4.69, 9.17) is 19.2 Å². The van der Waals surface area contributed by atoms with Gasteiger partial charge in [0.1, 0.15) is 40.9 Å². The number of allylic oxidation sites excluding steroid dienone is 1. The van der Waals surface area contributed by atoms with Gasteiger partial charge < -0.3 is 29.7 Å². The molecule has 2 saturated carbocycles. The lowest BCUT2D eigenvalue weighted by Gasteiger charge is -2.48. The zero-order chi connectivity index (χ0) is 43.4. The third kappa shape index (κ3) is 8.41. The highest BCUT2D eigenvalue weighted by Crippen LogP contribution is 2.52. The number of amides is 4. The summed E-state index contributed by atoms with van der Waals surface area (Å²) in [7, 11) is -2.53. The van der Waals surface area contributed by atoms with Crippen LogP contribution in [0.4, 0.5) is 9.18 Å². The van der Waals surface area contributed by atoms with Crippen LogP contribution in [0.3, 0.4) is 0 Å². The summed E-state index contributed by atoms with van der Waals surface area (Å²) in [6.45, 7) is 11.1. The molecule has 5 aliphatic rings. The van der Waals surface area contributed by atoms with Gasteiger partial charge in [-0.2, -0.15) is 0 Å². The fourth-order valence-corrected chi connectivity index (χ4v) is 10.2. The molecule has 3 fully saturated rings. The molecule has 3 aliphatic heterocycles. The number of halogens is 1. The van der Waals surface area contributed by atoms with Crippen molar-refractivity contribution in [1.29, 1.82) is 0 Å². The molecular weight excluding hydrogens is 794 g/mol. The summed E-state index contributed by atoms with van der Waals surface area (Å²) in [5.74, 6) is -2.04. The SMILES string of the molecule is COc1ccc2nc(C(C)C)c3c(c2c1)C(F)CC1(CC2C(=O)NC4(C(=O)NS(=O)(=O)C5(C)CC5)CCC4C=CCCCCCC(NC(=O)OCC(C)(C)C)C(=O)N2C1)O3. The number of alkyl halides is 1. The number of nitrogens with zero attached hydrogens (tertiary/aromatic N) is 2. The molecule has 6 unspecified atom stereocenters. The molecule has 2 aliphatic carbocycles. The second-order valence-electron chi connectivity index (χ2n) is 19.3. The first-order valence-corrected chi connectivity index (χ1v) is 22.8. The molecule has 1 aromatic heterocycles. The minimum atomic E-state index is -4.06. The van der Waals surface area contributed by atoms with Crippen LogP contribution in [-0.4, -0.2) is 90.3 Å². The minimum absolute atomic E-state index is 0.0992. The van der Waals surface area contributed by atoms with E-state index >= 15 is 4.39 Å². The summed E-state index contributed by atoms with van der Waals surface area (Å²) in [4.78, 5) is 63.5. The Kier molecular flexibility index (Phi) is 11.7. The normalized spacial score (nSPS) is 29.2. The number of fused-ring (bicyclic) bond motifs is 5. The number of rotatable bonds is 7. The van der Waals surface area contributed by atoms with Gasteiger partial charge in [0.05, 0.1) is 36.2 Å². The Labute approximate surface area is 352 Å². The van der Waals surface area contributed by atoms with Gasteiger partial charge in [0.2, 0.25) is 21.8 Å². The van der Waals surface area contributed by atoms with Crippen LogP contribution in [0, 0.1) is 11.3 Å². The highest BCUT2D eigenvalue weighted by atomic mass is 32.2. The zero-order valence-electron chi connectivity index (χ0n) is 35.8. The van der Waals surface area contributed by atoms with E-state index in [1.54, 1.807) is 25.1 Å². The van der Waals surface area contributed by atoms with Crippen molar-refractivity contribution < 1.29 is 46.2 Å². The number of methoxy groups -OCH3 is 1. The second kappa shape index (κ2) is 16.1. The van der Waals surface area contributed by atoms with Crippen LogP contribution in [0.15, 0.2) is 30.4 Å². The second-order valence-corrected chi connectivity index (χ2v) is 21.5. The van der Waals surface area contributed by atoms with Gasteiger partial charge in [0, 0.05) is 29.7 Å². The molecule has 16 heteroatoms. The molecule has 0 bridgehead atoms. The van der Waals surface area contributed by atoms with E-state index in [0.29, 0.717) is 60.0 Å². The monoisotopic (exact) mass is 853 g/mol. The Morgan fingerprint density at radius 3 is 2.50 bits per heavy atom. The van der Waals surface area contributed by atoms with Crippen molar-refractivity contribution in [3.05, 3.63) is 41.6 Å². The number of hydrogen-bond acceptors (Lipinski definition) is 10. The summed E-state index contributed by atoms with van der Waals surface area (Å²) in [5.41, 5.74) is -1.96. The molecule has 4 heterocycles. The molecular formula is C44H60FN5O9S. The van der Waals surface area contributed by atoms with Crippen LogP contribution in [0.1, 0.15) is 136 Å². The van der Waals surface area contributed by atoms with Crippen LogP contribution >= 0.6 is 0 Å². The first-order chi connectivity index (χ1) is 28.2. The fraction of sp³-hybridized carbons (Fsp3) is 0.659. The molecule has 7 rings (SSSR count). The topological polar surface area (TPSA) is 182 Å². The Balaban J connectivity index is 1.28. The van der Waals surface area contributed by atoms with Gasteiger partial charge in [-0.15, -0.1) is 0 Å². The third-order valence-electron chi connectivity index (χ3n) is 13.0. The first kappa shape index (κ1) is 43.6. The smallest absolute Gasteiger partial charge is 0.407 e. The van der Waals surface area contributed by atoms with Crippen LogP contribution in [0.25, 0.3) is 10.9 Å². The quantitative estimate of drug-likeness (QED) is 0.263. The number of pyridine rings is 1. The van der Waals surface area contributed by atoms with Gasteiger partial charge in [-0.05, 0) is 81.4 Å². The van der Waals surface area contributed by atoms with Gasteiger partial charge in [-0.3, -0.25) is 19.1 Å². The molecule has 4 amide bonds. The molecule has 14 nitrogen and oxygen atoms in total. The van der Waals surface area contributed by atoms with E-state index in [9.17, 15) is 27.6 Å². The van der Waals surface area contributed by atoms with Crippen molar-refractivity contribution >= 4 is 44.7 Å². The highest BCUT2D eigenvalue weighted by Gasteiger charge is 2.60. The fourth-order valence-electron chi connectivity index (χ4n) is 8.94. The van der Waals surface area contributed by atoms with Gasteiger partial charge in [-0.25, -0.2) is 22.6 Å². The first-order valence-electron chi connectivity index (χ1n) is 21.3. The molecule has 6 atom stereocenters. The van der Waals surface area contributed by atoms with Crippen LogP contribution < -0.4 is 24.8 Å². The van der Waals surface area contributed by atoms with Crippen molar-refractivity contribution in [1.82, 2.24) is 25.2 Å². The maximum Gasteiger partial charge on any atom is 0.407 e. The summed E-state index contributed by atoms with van der Waals surface area (Å²) in [6.07, 6.45) is 5.57. The predicted octanol–water partition coefficient (Wildman–Crippen LogP) is 6.42. The van der Waals surface area contributed by atoms with Gasteiger partial charge in [0.25, 0.3) is 5.91 Å². The average molecular weight is 854 g/mol.